The molecule has 7 nitrogen and oxygen atoms in total. The van der Waals surface area contributed by atoms with Crippen molar-refractivity contribution >= 4 is 34.2 Å². The number of rotatable bonds is 4. The lowest BCUT2D eigenvalue weighted by Gasteiger charge is -2.11. The van der Waals surface area contributed by atoms with E-state index in [4.69, 9.17) is 0 Å². The fourth-order valence-electron chi connectivity index (χ4n) is 2.99. The zero-order valence-corrected chi connectivity index (χ0v) is 15.9. The molecule has 0 unspecified atom stereocenters. The Morgan fingerprint density at radius 3 is 2.65 bits per heavy atom. The van der Waals surface area contributed by atoms with Crippen molar-refractivity contribution in [2.45, 2.75) is 33.7 Å². The molecule has 0 aliphatic rings. The first-order chi connectivity index (χ1) is 12.5. The van der Waals surface area contributed by atoms with Crippen LogP contribution in [-0.4, -0.2) is 28.9 Å². The van der Waals surface area contributed by atoms with Gasteiger partial charge in [0.15, 0.2) is 5.82 Å². The molecule has 0 fully saturated rings. The van der Waals surface area contributed by atoms with Crippen molar-refractivity contribution < 1.29 is 0 Å². The van der Waals surface area contributed by atoms with E-state index in [0.29, 0.717) is 17.7 Å². The molecule has 0 aliphatic carbocycles. The van der Waals surface area contributed by atoms with Gasteiger partial charge in [-0.25, -0.2) is 19.9 Å². The molecule has 0 radical (unpaired) electrons. The van der Waals surface area contributed by atoms with Crippen molar-refractivity contribution in [1.82, 2.24) is 28.9 Å². The van der Waals surface area contributed by atoms with Crippen LogP contribution in [0.1, 0.15) is 31.4 Å². The lowest BCUT2D eigenvalue weighted by atomic mass is 10.3. The molecule has 26 heavy (non-hydrogen) atoms. The standard InChI is InChI=1S/C18H19N7S/c1-10(2)25-12(4)21-13-9-20-17(8-14(13)25)22-16-5-6-19-18(23-16)15-7-11(3)24-26-15/h5-10H,1-4H3,(H,19,20,22,23). The number of hydrogen-bond donors (Lipinski definition) is 1. The van der Waals surface area contributed by atoms with Gasteiger partial charge < -0.3 is 9.88 Å². The van der Waals surface area contributed by atoms with Crippen LogP contribution >= 0.6 is 11.5 Å². The summed E-state index contributed by atoms with van der Waals surface area (Å²) in [5.74, 6) is 3.06. The van der Waals surface area contributed by atoms with E-state index in [1.165, 1.54) is 11.5 Å². The van der Waals surface area contributed by atoms with Gasteiger partial charge in [0.2, 0.25) is 0 Å². The van der Waals surface area contributed by atoms with E-state index in [2.05, 4.69) is 48.0 Å². The molecule has 4 heterocycles. The largest absolute Gasteiger partial charge is 0.326 e. The molecule has 4 rings (SSSR count). The van der Waals surface area contributed by atoms with Gasteiger partial charge in [-0.3, -0.25) is 0 Å². The van der Waals surface area contributed by atoms with Crippen LogP contribution in [0.2, 0.25) is 0 Å². The average molecular weight is 365 g/mol. The number of anilines is 2. The van der Waals surface area contributed by atoms with E-state index in [-0.39, 0.29) is 0 Å². The number of fused-ring (bicyclic) bond motifs is 1. The number of imidazole rings is 1. The molecule has 8 heteroatoms. The summed E-state index contributed by atoms with van der Waals surface area (Å²) in [5.41, 5.74) is 2.92. The third-order valence-corrected chi connectivity index (χ3v) is 4.91. The maximum atomic E-state index is 4.58. The van der Waals surface area contributed by atoms with Crippen LogP contribution in [0, 0.1) is 13.8 Å². The number of nitrogens with zero attached hydrogens (tertiary/aromatic N) is 6. The summed E-state index contributed by atoms with van der Waals surface area (Å²) in [5, 5.41) is 3.27. The van der Waals surface area contributed by atoms with Crippen LogP contribution in [0.3, 0.4) is 0 Å². The van der Waals surface area contributed by atoms with E-state index in [9.17, 15) is 0 Å². The van der Waals surface area contributed by atoms with Crippen LogP contribution in [0.15, 0.2) is 30.6 Å². The van der Waals surface area contributed by atoms with Crippen LogP contribution in [-0.2, 0) is 0 Å². The maximum absolute atomic E-state index is 4.58. The molecule has 0 saturated carbocycles. The number of hydrogen-bond acceptors (Lipinski definition) is 7. The predicted molar refractivity (Wildman–Crippen MR) is 104 cm³/mol. The molecule has 0 atom stereocenters. The van der Waals surface area contributed by atoms with Crippen molar-refractivity contribution in [1.29, 1.82) is 0 Å². The Bertz CT molecular complexity index is 1080. The Kier molecular flexibility index (Phi) is 4.12. The Labute approximate surface area is 155 Å². The second-order valence-electron chi connectivity index (χ2n) is 6.40. The molecule has 4 aromatic rings. The Morgan fingerprint density at radius 2 is 1.92 bits per heavy atom. The van der Waals surface area contributed by atoms with E-state index in [0.717, 1.165) is 33.2 Å². The topological polar surface area (TPSA) is 81.4 Å². The van der Waals surface area contributed by atoms with Gasteiger partial charge in [-0.05, 0) is 51.4 Å². The minimum absolute atomic E-state index is 0.329. The molecular formula is C18H19N7S. The number of nitrogens with one attached hydrogen (secondary N) is 1. The van der Waals surface area contributed by atoms with Crippen molar-refractivity contribution in [3.05, 3.63) is 42.1 Å². The minimum Gasteiger partial charge on any atom is -0.326 e. The van der Waals surface area contributed by atoms with Crippen molar-refractivity contribution in [3.63, 3.8) is 0 Å². The quantitative estimate of drug-likeness (QED) is 0.581. The monoisotopic (exact) mass is 365 g/mol. The zero-order chi connectivity index (χ0) is 18.3. The van der Waals surface area contributed by atoms with Gasteiger partial charge in [0.1, 0.15) is 23.0 Å². The maximum Gasteiger partial charge on any atom is 0.173 e. The summed E-state index contributed by atoms with van der Waals surface area (Å²) >= 11 is 1.40. The van der Waals surface area contributed by atoms with Crippen LogP contribution < -0.4 is 5.32 Å². The lowest BCUT2D eigenvalue weighted by molar-refractivity contribution is 0.600. The van der Waals surface area contributed by atoms with E-state index >= 15 is 0 Å². The highest BCUT2D eigenvalue weighted by molar-refractivity contribution is 7.09. The molecule has 0 amide bonds. The smallest absolute Gasteiger partial charge is 0.173 e. The van der Waals surface area contributed by atoms with E-state index < -0.39 is 0 Å². The molecule has 1 N–H and O–H groups in total. The summed E-state index contributed by atoms with van der Waals surface area (Å²) in [7, 11) is 0. The average Bonchev–Trinajstić information content (AvgIpc) is 3.17. The molecule has 132 valence electrons. The Morgan fingerprint density at radius 1 is 1.08 bits per heavy atom. The first-order valence-corrected chi connectivity index (χ1v) is 9.17. The van der Waals surface area contributed by atoms with Crippen LogP contribution in [0.5, 0.6) is 0 Å². The van der Waals surface area contributed by atoms with Crippen molar-refractivity contribution in [2.75, 3.05) is 5.32 Å². The van der Waals surface area contributed by atoms with Gasteiger partial charge in [0, 0.05) is 18.3 Å². The van der Waals surface area contributed by atoms with E-state index in [1.54, 1.807) is 12.4 Å². The third kappa shape index (κ3) is 3.03. The highest BCUT2D eigenvalue weighted by Gasteiger charge is 2.12. The fourth-order valence-corrected chi connectivity index (χ4v) is 3.68. The highest BCUT2D eigenvalue weighted by atomic mass is 32.1. The Hall–Kier alpha value is -2.87. The molecule has 0 bridgehead atoms. The first kappa shape index (κ1) is 16.6. The Balaban J connectivity index is 1.68. The van der Waals surface area contributed by atoms with Gasteiger partial charge in [0.25, 0.3) is 0 Å². The number of aromatic nitrogens is 6. The van der Waals surface area contributed by atoms with Gasteiger partial charge in [0.05, 0.1) is 22.3 Å². The zero-order valence-electron chi connectivity index (χ0n) is 15.1. The molecular weight excluding hydrogens is 346 g/mol. The molecule has 4 aromatic heterocycles. The van der Waals surface area contributed by atoms with Crippen molar-refractivity contribution in [2.24, 2.45) is 0 Å². The van der Waals surface area contributed by atoms with E-state index in [1.807, 2.05) is 32.0 Å². The third-order valence-electron chi connectivity index (χ3n) is 4.03. The summed E-state index contributed by atoms with van der Waals surface area (Å²) in [6.07, 6.45) is 3.53. The highest BCUT2D eigenvalue weighted by Crippen LogP contribution is 2.25. The summed E-state index contributed by atoms with van der Waals surface area (Å²) in [6, 6.07) is 6.15. The van der Waals surface area contributed by atoms with Gasteiger partial charge in [-0.2, -0.15) is 4.37 Å². The van der Waals surface area contributed by atoms with Gasteiger partial charge >= 0.3 is 0 Å². The van der Waals surface area contributed by atoms with Crippen LogP contribution in [0.4, 0.5) is 11.6 Å². The molecule has 0 aliphatic heterocycles. The summed E-state index contributed by atoms with van der Waals surface area (Å²) in [4.78, 5) is 18.9. The summed E-state index contributed by atoms with van der Waals surface area (Å²) < 4.78 is 6.49. The molecule has 0 spiro atoms. The SMILES string of the molecule is Cc1cc(-c2nccc(Nc3cc4c(cn3)nc(C)n4C(C)C)n2)sn1. The van der Waals surface area contributed by atoms with Crippen LogP contribution in [0.25, 0.3) is 21.7 Å². The van der Waals surface area contributed by atoms with Gasteiger partial charge in [-0.15, -0.1) is 0 Å². The second kappa shape index (κ2) is 6.45. The predicted octanol–water partition coefficient (Wildman–Crippen LogP) is 4.29. The van der Waals surface area contributed by atoms with Gasteiger partial charge in [-0.1, -0.05) is 0 Å². The summed E-state index contributed by atoms with van der Waals surface area (Å²) in [6.45, 7) is 8.27. The number of pyridine rings is 1. The molecule has 0 aromatic carbocycles. The fraction of sp³-hybridized carbons (Fsp3) is 0.278. The van der Waals surface area contributed by atoms with Crippen molar-refractivity contribution in [3.8, 4) is 10.7 Å². The second-order valence-corrected chi connectivity index (χ2v) is 7.21. The lowest BCUT2D eigenvalue weighted by Crippen LogP contribution is -2.03. The first-order valence-electron chi connectivity index (χ1n) is 8.39. The number of aryl methyl sites for hydroxylation is 2. The minimum atomic E-state index is 0.329. The normalized spacial score (nSPS) is 11.4. The molecule has 0 saturated heterocycles.